The fourth-order valence-electron chi connectivity index (χ4n) is 3.78. The highest BCUT2D eigenvalue weighted by atomic mass is 32.2. The van der Waals surface area contributed by atoms with E-state index in [4.69, 9.17) is 0 Å². The van der Waals surface area contributed by atoms with Crippen LogP contribution in [-0.4, -0.2) is 56.6 Å². The number of benzene rings is 1. The highest BCUT2D eigenvalue weighted by Gasteiger charge is 2.36. The summed E-state index contributed by atoms with van der Waals surface area (Å²) in [6.07, 6.45) is 4.52. The first-order valence-electron chi connectivity index (χ1n) is 9.07. The Bertz CT molecular complexity index is 813. The van der Waals surface area contributed by atoms with Crippen molar-refractivity contribution < 1.29 is 14.7 Å². The zero-order valence-corrected chi connectivity index (χ0v) is 15.3. The first-order chi connectivity index (χ1) is 12.6. The fraction of sp³-hybridized carbons (Fsp3) is 0.474. The van der Waals surface area contributed by atoms with E-state index in [1.807, 2.05) is 24.3 Å². The highest BCUT2D eigenvalue weighted by Crippen LogP contribution is 2.27. The van der Waals surface area contributed by atoms with Gasteiger partial charge in [0.2, 0.25) is 5.91 Å². The lowest BCUT2D eigenvalue weighted by atomic mass is 9.93. The van der Waals surface area contributed by atoms with Gasteiger partial charge in [0.25, 0.3) is 5.91 Å². The predicted molar refractivity (Wildman–Crippen MR) is 102 cm³/mol. The smallest absolute Gasteiger partial charge is 0.257 e. The molecular formula is C19H23N3O3S. The number of nitrogens with zero attached hydrogens (tertiary/aromatic N) is 1. The van der Waals surface area contributed by atoms with Gasteiger partial charge in [0.05, 0.1) is 17.5 Å². The molecule has 2 fully saturated rings. The third-order valence-corrected chi connectivity index (χ3v) is 6.32. The minimum atomic E-state index is -0.437. The molecule has 1 atom stereocenters. The van der Waals surface area contributed by atoms with Crippen molar-refractivity contribution in [2.75, 3.05) is 11.6 Å². The summed E-state index contributed by atoms with van der Waals surface area (Å²) in [5.74, 6) is 0.964. The number of carbonyl (C=O) groups excluding carboxylic acids is 2. The van der Waals surface area contributed by atoms with Crippen LogP contribution in [0.15, 0.2) is 30.5 Å². The Balaban J connectivity index is 1.47. The largest absolute Gasteiger partial charge is 0.393 e. The summed E-state index contributed by atoms with van der Waals surface area (Å²) >= 11 is 1.61. The number of hydrogen-bond donors (Lipinski definition) is 3. The van der Waals surface area contributed by atoms with Gasteiger partial charge in [-0.1, -0.05) is 18.2 Å². The predicted octanol–water partition coefficient (Wildman–Crippen LogP) is 2.10. The van der Waals surface area contributed by atoms with Crippen LogP contribution < -0.4 is 5.32 Å². The van der Waals surface area contributed by atoms with Crippen molar-refractivity contribution in [1.29, 1.82) is 0 Å². The number of amides is 2. The number of hydrogen-bond acceptors (Lipinski definition) is 4. The molecular weight excluding hydrogens is 350 g/mol. The normalized spacial score (nSPS) is 26.2. The van der Waals surface area contributed by atoms with Crippen molar-refractivity contribution in [3.8, 4) is 0 Å². The Morgan fingerprint density at radius 2 is 1.96 bits per heavy atom. The summed E-state index contributed by atoms with van der Waals surface area (Å²) < 4.78 is 0. The maximum Gasteiger partial charge on any atom is 0.257 e. The molecule has 2 aliphatic rings. The van der Waals surface area contributed by atoms with Crippen molar-refractivity contribution in [2.45, 2.75) is 43.9 Å². The SMILES string of the molecule is O=C(NC1CCC(O)CC1)[C@H]1CSCN1C(=O)c1c[nH]c2ccccc12. The second-order valence-corrected chi connectivity index (χ2v) is 8.05. The first-order valence-corrected chi connectivity index (χ1v) is 10.2. The van der Waals surface area contributed by atoms with Crippen LogP contribution >= 0.6 is 11.8 Å². The molecule has 4 rings (SSSR count). The minimum absolute atomic E-state index is 0.0791. The average molecular weight is 373 g/mol. The molecule has 2 heterocycles. The number of aliphatic hydroxyl groups is 1. The molecule has 1 aromatic heterocycles. The summed E-state index contributed by atoms with van der Waals surface area (Å²) in [6.45, 7) is 0. The summed E-state index contributed by atoms with van der Waals surface area (Å²) in [7, 11) is 0. The van der Waals surface area contributed by atoms with Gasteiger partial charge in [0, 0.05) is 28.9 Å². The summed E-state index contributed by atoms with van der Waals surface area (Å²) in [6, 6.07) is 7.36. The lowest BCUT2D eigenvalue weighted by Gasteiger charge is -2.29. The quantitative estimate of drug-likeness (QED) is 0.769. The molecule has 0 spiro atoms. The molecule has 1 aliphatic heterocycles. The molecule has 1 aromatic carbocycles. The van der Waals surface area contributed by atoms with E-state index in [0.29, 0.717) is 17.2 Å². The van der Waals surface area contributed by atoms with Crippen molar-refractivity contribution >= 4 is 34.5 Å². The zero-order chi connectivity index (χ0) is 18.1. The molecule has 2 aromatic rings. The van der Waals surface area contributed by atoms with Crippen LogP contribution in [0.25, 0.3) is 10.9 Å². The van der Waals surface area contributed by atoms with Crippen LogP contribution in [0.5, 0.6) is 0 Å². The van der Waals surface area contributed by atoms with E-state index in [0.717, 1.165) is 36.6 Å². The van der Waals surface area contributed by atoms with E-state index >= 15 is 0 Å². The van der Waals surface area contributed by atoms with Gasteiger partial charge in [-0.2, -0.15) is 0 Å². The zero-order valence-electron chi connectivity index (χ0n) is 14.5. The highest BCUT2D eigenvalue weighted by molar-refractivity contribution is 7.99. The number of H-pyrrole nitrogens is 1. The van der Waals surface area contributed by atoms with Crippen molar-refractivity contribution in [2.24, 2.45) is 0 Å². The van der Waals surface area contributed by atoms with E-state index in [9.17, 15) is 14.7 Å². The molecule has 0 bridgehead atoms. The van der Waals surface area contributed by atoms with Crippen LogP contribution in [-0.2, 0) is 4.79 Å². The Labute approximate surface area is 156 Å². The molecule has 1 saturated heterocycles. The van der Waals surface area contributed by atoms with Gasteiger partial charge in [0.15, 0.2) is 0 Å². The first kappa shape index (κ1) is 17.4. The number of aromatic nitrogens is 1. The molecule has 3 N–H and O–H groups in total. The van der Waals surface area contributed by atoms with E-state index in [-0.39, 0.29) is 24.0 Å². The topological polar surface area (TPSA) is 85.4 Å². The van der Waals surface area contributed by atoms with Gasteiger partial charge in [-0.15, -0.1) is 11.8 Å². The maximum atomic E-state index is 13.1. The minimum Gasteiger partial charge on any atom is -0.393 e. The monoisotopic (exact) mass is 373 g/mol. The van der Waals surface area contributed by atoms with E-state index in [1.54, 1.807) is 22.9 Å². The number of nitrogens with one attached hydrogen (secondary N) is 2. The second kappa shape index (κ2) is 7.32. The van der Waals surface area contributed by atoms with Crippen molar-refractivity contribution in [3.63, 3.8) is 0 Å². The summed E-state index contributed by atoms with van der Waals surface area (Å²) in [5.41, 5.74) is 1.53. The van der Waals surface area contributed by atoms with Crippen LogP contribution in [0.3, 0.4) is 0 Å². The molecule has 2 amide bonds. The third kappa shape index (κ3) is 3.33. The van der Waals surface area contributed by atoms with Gasteiger partial charge < -0.3 is 20.3 Å². The summed E-state index contributed by atoms with van der Waals surface area (Å²) in [5, 5.41) is 13.6. The third-order valence-electron chi connectivity index (χ3n) is 5.31. The lowest BCUT2D eigenvalue weighted by molar-refractivity contribution is -0.125. The van der Waals surface area contributed by atoms with Crippen LogP contribution in [0.4, 0.5) is 0 Å². The van der Waals surface area contributed by atoms with E-state index in [1.165, 1.54) is 0 Å². The van der Waals surface area contributed by atoms with Crippen LogP contribution in [0, 0.1) is 0 Å². The van der Waals surface area contributed by atoms with Gasteiger partial charge in [-0.05, 0) is 31.7 Å². The van der Waals surface area contributed by atoms with Crippen LogP contribution in [0.1, 0.15) is 36.0 Å². The fourth-order valence-corrected chi connectivity index (χ4v) is 4.93. The number of aromatic amines is 1. The molecule has 7 heteroatoms. The molecule has 26 heavy (non-hydrogen) atoms. The molecule has 0 unspecified atom stereocenters. The molecule has 0 radical (unpaired) electrons. The standard InChI is InChI=1S/C19H23N3O3S/c23-13-7-5-12(6-8-13)21-18(24)17-10-26-11-22(17)19(25)15-9-20-16-4-2-1-3-14(15)16/h1-4,9,12-13,17,20,23H,5-8,10-11H2,(H,21,24)/t12?,13?,17-/m1/s1. The van der Waals surface area contributed by atoms with Gasteiger partial charge >= 0.3 is 0 Å². The summed E-state index contributed by atoms with van der Waals surface area (Å²) in [4.78, 5) is 30.6. The number of thioether (sulfide) groups is 1. The molecule has 1 aliphatic carbocycles. The van der Waals surface area contributed by atoms with E-state index in [2.05, 4.69) is 10.3 Å². The Hall–Kier alpha value is -1.99. The Morgan fingerprint density at radius 3 is 2.77 bits per heavy atom. The maximum absolute atomic E-state index is 13.1. The van der Waals surface area contributed by atoms with Gasteiger partial charge in [-0.3, -0.25) is 9.59 Å². The number of carbonyl (C=O) groups is 2. The molecule has 138 valence electrons. The lowest BCUT2D eigenvalue weighted by Crippen LogP contribution is -2.50. The Morgan fingerprint density at radius 1 is 1.19 bits per heavy atom. The van der Waals surface area contributed by atoms with E-state index < -0.39 is 6.04 Å². The Kier molecular flexibility index (Phi) is 4.91. The molecule has 1 saturated carbocycles. The molecule has 6 nitrogen and oxygen atoms in total. The van der Waals surface area contributed by atoms with Crippen LogP contribution in [0.2, 0.25) is 0 Å². The average Bonchev–Trinajstić information content (AvgIpc) is 3.30. The number of aliphatic hydroxyl groups excluding tert-OH is 1. The number of fused-ring (bicyclic) bond motifs is 1. The van der Waals surface area contributed by atoms with Crippen molar-refractivity contribution in [3.05, 3.63) is 36.0 Å². The second-order valence-electron chi connectivity index (χ2n) is 7.05. The van der Waals surface area contributed by atoms with Gasteiger partial charge in [-0.25, -0.2) is 0 Å². The van der Waals surface area contributed by atoms with Crippen molar-refractivity contribution in [1.82, 2.24) is 15.2 Å². The number of rotatable bonds is 3. The number of para-hydroxylation sites is 1. The van der Waals surface area contributed by atoms with Gasteiger partial charge in [0.1, 0.15) is 6.04 Å².